The van der Waals surface area contributed by atoms with Crippen LogP contribution in [0.3, 0.4) is 0 Å². The molecule has 0 aliphatic rings. The lowest BCUT2D eigenvalue weighted by Crippen LogP contribution is -2.25. The van der Waals surface area contributed by atoms with Gasteiger partial charge in [0.2, 0.25) is 0 Å². The van der Waals surface area contributed by atoms with Crippen molar-refractivity contribution in [2.45, 2.75) is 33.6 Å². The van der Waals surface area contributed by atoms with Gasteiger partial charge in [-0.15, -0.1) is 0 Å². The molecule has 0 radical (unpaired) electrons. The predicted molar refractivity (Wildman–Crippen MR) is 104 cm³/mol. The Morgan fingerprint density at radius 3 is 2.48 bits per heavy atom. The molecule has 0 aliphatic carbocycles. The number of rotatable bonds is 5. The maximum Gasteiger partial charge on any atom is 0.252 e. The molecule has 1 N–H and O–H groups in total. The summed E-state index contributed by atoms with van der Waals surface area (Å²) in [6.45, 7) is 6.88. The minimum absolute atomic E-state index is 0.0158. The molecule has 1 heterocycles. The Balaban J connectivity index is 2.15. The number of nitrogens with one attached hydrogen (secondary N) is 1. The van der Waals surface area contributed by atoms with Crippen molar-refractivity contribution in [3.63, 3.8) is 0 Å². The third-order valence-corrected chi connectivity index (χ3v) is 4.50. The van der Waals surface area contributed by atoms with Gasteiger partial charge in [0.05, 0.1) is 16.8 Å². The van der Waals surface area contributed by atoms with E-state index in [1.807, 2.05) is 31.2 Å². The second-order valence-corrected chi connectivity index (χ2v) is 6.45. The van der Waals surface area contributed by atoms with Crippen LogP contribution in [0.5, 0.6) is 0 Å². The van der Waals surface area contributed by atoms with Crippen LogP contribution in [0.25, 0.3) is 22.2 Å². The molecule has 2 aromatic carbocycles. The summed E-state index contributed by atoms with van der Waals surface area (Å²) in [7, 11) is 0. The van der Waals surface area contributed by atoms with Crippen LogP contribution in [-0.4, -0.2) is 17.4 Å². The highest BCUT2D eigenvalue weighted by molar-refractivity contribution is 6.08. The molecular weight excluding hydrogens is 308 g/mol. The lowest BCUT2D eigenvalue weighted by molar-refractivity contribution is 0.0954. The van der Waals surface area contributed by atoms with Crippen LogP contribution in [-0.2, 0) is 0 Å². The standard InChI is InChI=1S/C22H24N2O/c1-4-5-14-23-22(25)20-16(3)21(17-12-10-15(2)11-13-17)24-19-9-7-6-8-18(19)20/h6-13H,4-5,14H2,1-3H3,(H,23,25). The molecule has 3 heteroatoms. The lowest BCUT2D eigenvalue weighted by Gasteiger charge is -2.15. The van der Waals surface area contributed by atoms with E-state index in [1.54, 1.807) is 0 Å². The molecule has 1 aromatic heterocycles. The van der Waals surface area contributed by atoms with Crippen LogP contribution in [0.15, 0.2) is 48.5 Å². The zero-order valence-electron chi connectivity index (χ0n) is 15.1. The zero-order chi connectivity index (χ0) is 17.8. The first-order valence-corrected chi connectivity index (χ1v) is 8.86. The highest BCUT2D eigenvalue weighted by Gasteiger charge is 2.18. The Bertz CT molecular complexity index is 898. The summed E-state index contributed by atoms with van der Waals surface area (Å²) >= 11 is 0. The molecule has 128 valence electrons. The average Bonchev–Trinajstić information content (AvgIpc) is 2.62. The molecule has 0 spiro atoms. The van der Waals surface area contributed by atoms with Crippen molar-refractivity contribution in [3.8, 4) is 11.3 Å². The van der Waals surface area contributed by atoms with Crippen LogP contribution >= 0.6 is 0 Å². The van der Waals surface area contributed by atoms with Crippen molar-refractivity contribution in [2.75, 3.05) is 6.54 Å². The number of unbranched alkanes of at least 4 members (excludes halogenated alkanes) is 1. The van der Waals surface area contributed by atoms with Gasteiger partial charge in [-0.3, -0.25) is 4.79 Å². The van der Waals surface area contributed by atoms with Gasteiger partial charge in [-0.05, 0) is 31.9 Å². The minimum atomic E-state index is -0.0158. The average molecular weight is 332 g/mol. The Morgan fingerprint density at radius 1 is 1.04 bits per heavy atom. The van der Waals surface area contributed by atoms with Crippen molar-refractivity contribution in [1.82, 2.24) is 10.3 Å². The molecular formula is C22H24N2O. The molecule has 3 aromatic rings. The monoisotopic (exact) mass is 332 g/mol. The van der Waals surface area contributed by atoms with E-state index in [2.05, 4.69) is 43.4 Å². The molecule has 0 bridgehead atoms. The molecule has 1 amide bonds. The Hall–Kier alpha value is -2.68. The van der Waals surface area contributed by atoms with Crippen molar-refractivity contribution in [2.24, 2.45) is 0 Å². The molecule has 3 rings (SSSR count). The third kappa shape index (κ3) is 3.55. The molecule has 0 saturated heterocycles. The summed E-state index contributed by atoms with van der Waals surface area (Å²) in [5.74, 6) is -0.0158. The fourth-order valence-electron chi connectivity index (χ4n) is 3.06. The Morgan fingerprint density at radius 2 is 1.76 bits per heavy atom. The smallest absolute Gasteiger partial charge is 0.252 e. The van der Waals surface area contributed by atoms with Crippen LogP contribution in [0, 0.1) is 13.8 Å². The second kappa shape index (κ2) is 7.47. The number of amides is 1. The van der Waals surface area contributed by atoms with E-state index in [-0.39, 0.29) is 5.91 Å². The summed E-state index contributed by atoms with van der Waals surface area (Å²) in [4.78, 5) is 17.7. The van der Waals surface area contributed by atoms with Crippen LogP contribution < -0.4 is 5.32 Å². The highest BCUT2D eigenvalue weighted by Crippen LogP contribution is 2.29. The van der Waals surface area contributed by atoms with E-state index in [0.717, 1.165) is 46.1 Å². The van der Waals surface area contributed by atoms with Crippen molar-refractivity contribution in [3.05, 3.63) is 65.2 Å². The molecule has 3 nitrogen and oxygen atoms in total. The first-order valence-electron chi connectivity index (χ1n) is 8.86. The van der Waals surface area contributed by atoms with E-state index < -0.39 is 0 Å². The third-order valence-electron chi connectivity index (χ3n) is 4.50. The summed E-state index contributed by atoms with van der Waals surface area (Å²) in [6.07, 6.45) is 2.05. The van der Waals surface area contributed by atoms with Crippen LogP contribution in [0.2, 0.25) is 0 Å². The molecule has 0 unspecified atom stereocenters. The Kier molecular flexibility index (Phi) is 5.13. The number of pyridine rings is 1. The minimum Gasteiger partial charge on any atom is -0.352 e. The topological polar surface area (TPSA) is 42.0 Å². The van der Waals surface area contributed by atoms with E-state index in [0.29, 0.717) is 6.54 Å². The number of aryl methyl sites for hydroxylation is 1. The van der Waals surface area contributed by atoms with Gasteiger partial charge in [-0.1, -0.05) is 61.4 Å². The van der Waals surface area contributed by atoms with Crippen molar-refractivity contribution < 1.29 is 4.79 Å². The number of hydrogen-bond donors (Lipinski definition) is 1. The summed E-state index contributed by atoms with van der Waals surface area (Å²) in [5.41, 5.74) is 5.63. The summed E-state index contributed by atoms with van der Waals surface area (Å²) < 4.78 is 0. The van der Waals surface area contributed by atoms with E-state index in [9.17, 15) is 4.79 Å². The van der Waals surface area contributed by atoms with Crippen molar-refractivity contribution >= 4 is 16.8 Å². The maximum atomic E-state index is 12.9. The number of nitrogens with zero attached hydrogens (tertiary/aromatic N) is 1. The first-order chi connectivity index (χ1) is 12.1. The largest absolute Gasteiger partial charge is 0.352 e. The van der Waals surface area contributed by atoms with Gasteiger partial charge in [0.1, 0.15) is 0 Å². The number of carbonyl (C=O) groups is 1. The quantitative estimate of drug-likeness (QED) is 0.664. The van der Waals surface area contributed by atoms with Gasteiger partial charge in [0, 0.05) is 17.5 Å². The number of carbonyl (C=O) groups excluding carboxylic acids is 1. The predicted octanol–water partition coefficient (Wildman–Crippen LogP) is 5.05. The van der Waals surface area contributed by atoms with Gasteiger partial charge < -0.3 is 5.32 Å². The molecule has 0 aliphatic heterocycles. The molecule has 0 saturated carbocycles. The normalized spacial score (nSPS) is 10.8. The van der Waals surface area contributed by atoms with E-state index in [1.165, 1.54) is 5.56 Å². The maximum absolute atomic E-state index is 12.9. The van der Waals surface area contributed by atoms with Crippen molar-refractivity contribution in [1.29, 1.82) is 0 Å². The van der Waals surface area contributed by atoms with Gasteiger partial charge in [0.25, 0.3) is 5.91 Å². The highest BCUT2D eigenvalue weighted by atomic mass is 16.1. The number of para-hydroxylation sites is 1. The number of hydrogen-bond acceptors (Lipinski definition) is 2. The van der Waals surface area contributed by atoms with Gasteiger partial charge in [-0.2, -0.15) is 0 Å². The van der Waals surface area contributed by atoms with E-state index >= 15 is 0 Å². The zero-order valence-corrected chi connectivity index (χ0v) is 15.1. The van der Waals surface area contributed by atoms with Gasteiger partial charge in [0.15, 0.2) is 0 Å². The SMILES string of the molecule is CCCCNC(=O)c1c(C)c(-c2ccc(C)cc2)nc2ccccc12. The number of benzene rings is 2. The van der Waals surface area contributed by atoms with Gasteiger partial charge >= 0.3 is 0 Å². The fraction of sp³-hybridized carbons (Fsp3) is 0.273. The first kappa shape index (κ1) is 17.2. The number of aromatic nitrogens is 1. The van der Waals surface area contributed by atoms with Crippen LogP contribution in [0.1, 0.15) is 41.3 Å². The van der Waals surface area contributed by atoms with E-state index in [4.69, 9.17) is 4.98 Å². The Labute approximate surface area is 149 Å². The summed E-state index contributed by atoms with van der Waals surface area (Å²) in [5, 5.41) is 3.96. The fourth-order valence-corrected chi connectivity index (χ4v) is 3.06. The lowest BCUT2D eigenvalue weighted by atomic mass is 9.96. The number of fused-ring (bicyclic) bond motifs is 1. The second-order valence-electron chi connectivity index (χ2n) is 6.45. The molecule has 25 heavy (non-hydrogen) atoms. The summed E-state index contributed by atoms with van der Waals surface area (Å²) in [6, 6.07) is 16.1. The van der Waals surface area contributed by atoms with Gasteiger partial charge in [-0.25, -0.2) is 4.98 Å². The van der Waals surface area contributed by atoms with Crippen LogP contribution in [0.4, 0.5) is 0 Å². The molecule has 0 fully saturated rings. The molecule has 0 atom stereocenters.